The zero-order chi connectivity index (χ0) is 11.8. The van der Waals surface area contributed by atoms with Crippen LogP contribution < -0.4 is 11.3 Å². The molecule has 0 aliphatic rings. The fourth-order valence-corrected chi connectivity index (χ4v) is 1.31. The van der Waals surface area contributed by atoms with Gasteiger partial charge in [-0.1, -0.05) is 0 Å². The lowest BCUT2D eigenvalue weighted by molar-refractivity contribution is 0.0679. The first-order valence-electron chi connectivity index (χ1n) is 5.26. The molecule has 16 heavy (non-hydrogen) atoms. The number of aromatic nitrogens is 1. The lowest BCUT2D eigenvalue weighted by atomic mass is 10.4. The third-order valence-electron chi connectivity index (χ3n) is 2.13. The van der Waals surface area contributed by atoms with E-state index < -0.39 is 0 Å². The SMILES string of the molecule is COCCOCCCn1cc(N)ccc1=O. The van der Waals surface area contributed by atoms with E-state index in [4.69, 9.17) is 15.2 Å². The minimum Gasteiger partial charge on any atom is -0.398 e. The molecule has 2 N–H and O–H groups in total. The second-order valence-electron chi connectivity index (χ2n) is 3.45. The Balaban J connectivity index is 2.26. The summed E-state index contributed by atoms with van der Waals surface area (Å²) in [5, 5.41) is 0. The van der Waals surface area contributed by atoms with Gasteiger partial charge in [-0.05, 0) is 12.5 Å². The predicted molar refractivity (Wildman–Crippen MR) is 62.4 cm³/mol. The Morgan fingerprint density at radius 1 is 1.31 bits per heavy atom. The van der Waals surface area contributed by atoms with Gasteiger partial charge < -0.3 is 19.8 Å². The van der Waals surface area contributed by atoms with E-state index in [0.717, 1.165) is 6.42 Å². The molecule has 90 valence electrons. The van der Waals surface area contributed by atoms with Gasteiger partial charge >= 0.3 is 0 Å². The van der Waals surface area contributed by atoms with Gasteiger partial charge in [-0.2, -0.15) is 0 Å². The largest absolute Gasteiger partial charge is 0.398 e. The number of aryl methyl sites for hydroxylation is 1. The molecule has 0 atom stereocenters. The molecule has 1 aromatic heterocycles. The molecule has 0 spiro atoms. The van der Waals surface area contributed by atoms with Gasteiger partial charge in [0, 0.05) is 38.2 Å². The second kappa shape index (κ2) is 7.03. The highest BCUT2D eigenvalue weighted by molar-refractivity contribution is 5.33. The van der Waals surface area contributed by atoms with E-state index in [1.165, 1.54) is 6.07 Å². The topological polar surface area (TPSA) is 66.5 Å². The highest BCUT2D eigenvalue weighted by atomic mass is 16.5. The van der Waals surface area contributed by atoms with Gasteiger partial charge in [0.1, 0.15) is 0 Å². The number of ether oxygens (including phenoxy) is 2. The summed E-state index contributed by atoms with van der Waals surface area (Å²) in [4.78, 5) is 11.4. The van der Waals surface area contributed by atoms with Gasteiger partial charge in [0.2, 0.25) is 0 Å². The maximum absolute atomic E-state index is 11.4. The Morgan fingerprint density at radius 2 is 2.12 bits per heavy atom. The summed E-state index contributed by atoms with van der Waals surface area (Å²) in [5.74, 6) is 0. The Labute approximate surface area is 94.8 Å². The predicted octanol–water partition coefficient (Wildman–Crippen LogP) is 0.484. The van der Waals surface area contributed by atoms with Crippen molar-refractivity contribution in [2.45, 2.75) is 13.0 Å². The minimum atomic E-state index is -0.0360. The molecule has 0 saturated carbocycles. The number of nitrogen functional groups attached to an aromatic ring is 1. The van der Waals surface area contributed by atoms with Crippen LogP contribution >= 0.6 is 0 Å². The molecule has 0 aliphatic heterocycles. The standard InChI is InChI=1S/C11H18N2O3/c1-15-7-8-16-6-2-5-13-9-10(12)3-4-11(13)14/h3-4,9H,2,5-8,12H2,1H3. The maximum Gasteiger partial charge on any atom is 0.250 e. The average molecular weight is 226 g/mol. The molecule has 0 bridgehead atoms. The summed E-state index contributed by atoms with van der Waals surface area (Å²) >= 11 is 0. The fourth-order valence-electron chi connectivity index (χ4n) is 1.31. The lowest BCUT2D eigenvalue weighted by Crippen LogP contribution is -2.19. The van der Waals surface area contributed by atoms with Crippen LogP contribution in [0.25, 0.3) is 0 Å². The zero-order valence-electron chi connectivity index (χ0n) is 9.52. The summed E-state index contributed by atoms with van der Waals surface area (Å²) in [7, 11) is 1.63. The molecule has 0 unspecified atom stereocenters. The molecule has 5 nitrogen and oxygen atoms in total. The van der Waals surface area contributed by atoms with Crippen LogP contribution in [0.15, 0.2) is 23.1 Å². The second-order valence-corrected chi connectivity index (χ2v) is 3.45. The van der Waals surface area contributed by atoms with Crippen molar-refractivity contribution in [3.05, 3.63) is 28.7 Å². The van der Waals surface area contributed by atoms with Crippen molar-refractivity contribution < 1.29 is 9.47 Å². The van der Waals surface area contributed by atoms with Gasteiger partial charge in [-0.3, -0.25) is 4.79 Å². The van der Waals surface area contributed by atoms with Crippen LogP contribution in [-0.2, 0) is 16.0 Å². The lowest BCUT2D eigenvalue weighted by Gasteiger charge is -2.06. The number of nitrogens with two attached hydrogens (primary N) is 1. The number of pyridine rings is 1. The molecule has 1 aromatic rings. The molecule has 0 saturated heterocycles. The molecule has 5 heteroatoms. The molecule has 0 aliphatic carbocycles. The number of anilines is 1. The molecule has 0 amide bonds. The maximum atomic E-state index is 11.4. The van der Waals surface area contributed by atoms with Crippen LogP contribution in [0.2, 0.25) is 0 Å². The van der Waals surface area contributed by atoms with Crippen LogP contribution in [-0.4, -0.2) is 31.5 Å². The average Bonchev–Trinajstić information content (AvgIpc) is 2.28. The van der Waals surface area contributed by atoms with Crippen LogP contribution in [0.4, 0.5) is 5.69 Å². The number of methoxy groups -OCH3 is 1. The summed E-state index contributed by atoms with van der Waals surface area (Å²) < 4.78 is 11.7. The van der Waals surface area contributed by atoms with Crippen molar-refractivity contribution >= 4 is 5.69 Å². The zero-order valence-corrected chi connectivity index (χ0v) is 9.52. The van der Waals surface area contributed by atoms with Gasteiger partial charge in [-0.15, -0.1) is 0 Å². The molecule has 0 radical (unpaired) electrons. The molecule has 0 aromatic carbocycles. The number of hydrogen-bond acceptors (Lipinski definition) is 4. The summed E-state index contributed by atoms with van der Waals surface area (Å²) in [6.45, 7) is 2.42. The van der Waals surface area contributed by atoms with Gasteiger partial charge in [0.25, 0.3) is 5.56 Å². The van der Waals surface area contributed by atoms with Crippen LogP contribution in [0.3, 0.4) is 0 Å². The highest BCUT2D eigenvalue weighted by Gasteiger charge is 1.96. The minimum absolute atomic E-state index is 0.0360. The fraction of sp³-hybridized carbons (Fsp3) is 0.545. The first kappa shape index (κ1) is 12.7. The van der Waals surface area contributed by atoms with Crippen LogP contribution in [0.5, 0.6) is 0 Å². The quantitative estimate of drug-likeness (QED) is 0.687. The molecular weight excluding hydrogens is 208 g/mol. The molecule has 0 fully saturated rings. The summed E-state index contributed by atoms with van der Waals surface area (Å²) in [6.07, 6.45) is 2.44. The van der Waals surface area contributed by atoms with E-state index in [1.54, 1.807) is 23.9 Å². The smallest absolute Gasteiger partial charge is 0.250 e. The van der Waals surface area contributed by atoms with Crippen molar-refractivity contribution in [1.29, 1.82) is 0 Å². The number of rotatable bonds is 7. The first-order chi connectivity index (χ1) is 7.74. The van der Waals surface area contributed by atoms with E-state index in [2.05, 4.69) is 0 Å². The summed E-state index contributed by atoms with van der Waals surface area (Å²) in [6, 6.07) is 3.08. The first-order valence-corrected chi connectivity index (χ1v) is 5.26. The van der Waals surface area contributed by atoms with Crippen LogP contribution in [0.1, 0.15) is 6.42 Å². The van der Waals surface area contributed by atoms with E-state index in [0.29, 0.717) is 32.1 Å². The molecule has 1 heterocycles. The molecule has 1 rings (SSSR count). The van der Waals surface area contributed by atoms with Crippen molar-refractivity contribution in [1.82, 2.24) is 4.57 Å². The number of nitrogens with zero attached hydrogens (tertiary/aromatic N) is 1. The van der Waals surface area contributed by atoms with Gasteiger partial charge in [0.15, 0.2) is 0 Å². The Kier molecular flexibility index (Phi) is 5.60. The monoisotopic (exact) mass is 226 g/mol. The molecular formula is C11H18N2O3. The third-order valence-corrected chi connectivity index (χ3v) is 2.13. The summed E-state index contributed by atoms with van der Waals surface area (Å²) in [5.41, 5.74) is 6.15. The van der Waals surface area contributed by atoms with Crippen molar-refractivity contribution in [2.24, 2.45) is 0 Å². The van der Waals surface area contributed by atoms with E-state index in [-0.39, 0.29) is 5.56 Å². The Bertz CT molecular complexity index is 362. The Morgan fingerprint density at radius 3 is 2.88 bits per heavy atom. The van der Waals surface area contributed by atoms with Crippen molar-refractivity contribution in [2.75, 3.05) is 32.7 Å². The third kappa shape index (κ3) is 4.46. The van der Waals surface area contributed by atoms with Crippen LogP contribution in [0, 0.1) is 0 Å². The van der Waals surface area contributed by atoms with E-state index in [1.807, 2.05) is 0 Å². The Hall–Kier alpha value is -1.33. The van der Waals surface area contributed by atoms with E-state index >= 15 is 0 Å². The van der Waals surface area contributed by atoms with E-state index in [9.17, 15) is 4.79 Å². The highest BCUT2D eigenvalue weighted by Crippen LogP contribution is 1.97. The van der Waals surface area contributed by atoms with Crippen molar-refractivity contribution in [3.8, 4) is 0 Å². The van der Waals surface area contributed by atoms with Crippen molar-refractivity contribution in [3.63, 3.8) is 0 Å². The normalized spacial score (nSPS) is 10.6. The number of hydrogen-bond donors (Lipinski definition) is 1. The van der Waals surface area contributed by atoms with Gasteiger partial charge in [0.05, 0.1) is 13.2 Å². The van der Waals surface area contributed by atoms with Gasteiger partial charge in [-0.25, -0.2) is 0 Å².